The van der Waals surface area contributed by atoms with Gasteiger partial charge < -0.3 is 16.0 Å². The van der Waals surface area contributed by atoms with Crippen LogP contribution in [0.25, 0.3) is 0 Å². The smallest absolute Gasteiger partial charge is 0.251 e. The molecule has 6 nitrogen and oxygen atoms in total. The topological polar surface area (TPSA) is 78.4 Å². The Morgan fingerprint density at radius 2 is 1.89 bits per heavy atom. The molecular weight excluding hydrogens is 370 g/mol. The summed E-state index contributed by atoms with van der Waals surface area (Å²) < 4.78 is 0. The van der Waals surface area contributed by atoms with E-state index in [9.17, 15) is 4.79 Å². The zero-order chi connectivity index (χ0) is 20.2. The lowest BCUT2D eigenvalue weighted by atomic mass is 10.1. The van der Waals surface area contributed by atoms with E-state index in [1.807, 2.05) is 37.4 Å². The molecule has 0 atom stereocenters. The third-order valence-electron chi connectivity index (χ3n) is 4.15. The van der Waals surface area contributed by atoms with Gasteiger partial charge >= 0.3 is 0 Å². The lowest BCUT2D eigenvalue weighted by molar-refractivity contribution is 0.0953. The molecule has 1 aromatic heterocycles. The molecule has 2 rings (SSSR count). The minimum atomic E-state index is -0.0200. The fraction of sp³-hybridized carbons (Fsp3) is 0.476. The highest BCUT2D eigenvalue weighted by atomic mass is 32.1. The van der Waals surface area contributed by atoms with Gasteiger partial charge in [-0.05, 0) is 37.5 Å². The number of benzene rings is 1. The first-order chi connectivity index (χ1) is 13.7. The van der Waals surface area contributed by atoms with Gasteiger partial charge in [0.05, 0.1) is 13.1 Å². The molecule has 0 spiro atoms. The van der Waals surface area contributed by atoms with Crippen LogP contribution in [0.4, 0.5) is 0 Å². The van der Waals surface area contributed by atoms with E-state index in [4.69, 9.17) is 0 Å². The van der Waals surface area contributed by atoms with Crippen molar-refractivity contribution in [1.29, 1.82) is 0 Å². The zero-order valence-electron chi connectivity index (χ0n) is 17.0. The van der Waals surface area contributed by atoms with Crippen molar-refractivity contribution >= 4 is 23.2 Å². The Morgan fingerprint density at radius 1 is 1.11 bits per heavy atom. The summed E-state index contributed by atoms with van der Waals surface area (Å²) in [6.45, 7) is 9.01. The van der Waals surface area contributed by atoms with Crippen molar-refractivity contribution in [2.75, 3.05) is 13.1 Å². The molecule has 0 saturated heterocycles. The van der Waals surface area contributed by atoms with Gasteiger partial charge in [0, 0.05) is 29.7 Å². The highest BCUT2D eigenvalue weighted by Gasteiger charge is 2.05. The number of aromatic nitrogens is 1. The van der Waals surface area contributed by atoms with Crippen LogP contribution in [0.3, 0.4) is 0 Å². The van der Waals surface area contributed by atoms with E-state index in [2.05, 4.69) is 39.8 Å². The van der Waals surface area contributed by atoms with Crippen LogP contribution in [-0.2, 0) is 19.5 Å². The van der Waals surface area contributed by atoms with Crippen LogP contribution >= 0.6 is 11.3 Å². The Labute approximate surface area is 171 Å². The van der Waals surface area contributed by atoms with Crippen LogP contribution < -0.4 is 16.0 Å². The summed E-state index contributed by atoms with van der Waals surface area (Å²) in [5, 5.41) is 10.6. The van der Waals surface area contributed by atoms with E-state index in [-0.39, 0.29) is 5.91 Å². The van der Waals surface area contributed by atoms with Gasteiger partial charge in [0.25, 0.3) is 5.91 Å². The Hall–Kier alpha value is -2.41. The second-order valence-electron chi connectivity index (χ2n) is 6.43. The van der Waals surface area contributed by atoms with E-state index >= 15 is 0 Å². The second-order valence-corrected chi connectivity index (χ2v) is 7.63. The average Bonchev–Trinajstić information content (AvgIpc) is 3.18. The van der Waals surface area contributed by atoms with Crippen molar-refractivity contribution in [1.82, 2.24) is 20.9 Å². The van der Waals surface area contributed by atoms with Gasteiger partial charge in [-0.25, -0.2) is 9.98 Å². The second kappa shape index (κ2) is 12.1. The molecule has 0 aliphatic rings. The van der Waals surface area contributed by atoms with Gasteiger partial charge in [-0.1, -0.05) is 32.4 Å². The molecule has 28 heavy (non-hydrogen) atoms. The van der Waals surface area contributed by atoms with Gasteiger partial charge in [0.2, 0.25) is 0 Å². The monoisotopic (exact) mass is 401 g/mol. The predicted octanol–water partition coefficient (Wildman–Crippen LogP) is 3.49. The molecule has 1 aromatic carbocycles. The fourth-order valence-electron chi connectivity index (χ4n) is 2.51. The maximum Gasteiger partial charge on any atom is 0.251 e. The number of carbonyl (C=O) groups is 1. The summed E-state index contributed by atoms with van der Waals surface area (Å²) in [4.78, 5) is 22.4. The summed E-state index contributed by atoms with van der Waals surface area (Å²) in [6, 6.07) is 7.62. The third-order valence-corrected chi connectivity index (χ3v) is 5.29. The molecular formula is C21H31N5OS. The maximum absolute atomic E-state index is 12.1. The number of rotatable bonds is 10. The highest BCUT2D eigenvalue weighted by molar-refractivity contribution is 7.11. The van der Waals surface area contributed by atoms with Gasteiger partial charge in [-0.3, -0.25) is 4.79 Å². The normalized spacial score (nSPS) is 11.3. The molecule has 1 amide bonds. The predicted molar refractivity (Wildman–Crippen MR) is 117 cm³/mol. The Morgan fingerprint density at radius 3 is 2.54 bits per heavy atom. The van der Waals surface area contributed by atoms with Crippen LogP contribution in [0.1, 0.15) is 59.4 Å². The highest BCUT2D eigenvalue weighted by Crippen LogP contribution is 2.12. The molecule has 3 N–H and O–H groups in total. The molecule has 0 fully saturated rings. The minimum absolute atomic E-state index is 0.0200. The Bertz CT molecular complexity index is 754. The van der Waals surface area contributed by atoms with E-state index in [0.717, 1.165) is 48.9 Å². The van der Waals surface area contributed by atoms with Gasteiger partial charge in [-0.2, -0.15) is 0 Å². The summed E-state index contributed by atoms with van der Waals surface area (Å²) >= 11 is 1.72. The SMILES string of the molecule is CCCCNC(=O)c1ccc(CN=C(NCC)NCc2ncc(CC)s2)cc1. The van der Waals surface area contributed by atoms with Crippen molar-refractivity contribution in [3.63, 3.8) is 0 Å². The number of hydrogen-bond donors (Lipinski definition) is 3. The first-order valence-electron chi connectivity index (χ1n) is 9.99. The van der Waals surface area contributed by atoms with Crippen molar-refractivity contribution in [2.24, 2.45) is 4.99 Å². The van der Waals surface area contributed by atoms with Crippen molar-refractivity contribution in [2.45, 2.75) is 53.1 Å². The summed E-state index contributed by atoms with van der Waals surface area (Å²) in [6.07, 6.45) is 5.02. The number of nitrogens with one attached hydrogen (secondary N) is 3. The molecule has 0 saturated carbocycles. The number of amides is 1. The largest absolute Gasteiger partial charge is 0.357 e. The van der Waals surface area contributed by atoms with E-state index < -0.39 is 0 Å². The Balaban J connectivity index is 1.89. The maximum atomic E-state index is 12.1. The number of guanidine groups is 1. The molecule has 0 aliphatic heterocycles. The van der Waals surface area contributed by atoms with Crippen molar-refractivity contribution in [3.8, 4) is 0 Å². The van der Waals surface area contributed by atoms with Crippen LogP contribution in [0.2, 0.25) is 0 Å². The lowest BCUT2D eigenvalue weighted by Crippen LogP contribution is -2.36. The molecule has 152 valence electrons. The number of thiazole rings is 1. The average molecular weight is 402 g/mol. The number of aryl methyl sites for hydroxylation is 1. The minimum Gasteiger partial charge on any atom is -0.357 e. The van der Waals surface area contributed by atoms with Crippen molar-refractivity contribution in [3.05, 3.63) is 51.5 Å². The molecule has 7 heteroatoms. The van der Waals surface area contributed by atoms with Crippen LogP contribution in [-0.4, -0.2) is 29.9 Å². The Kier molecular flexibility index (Phi) is 9.48. The number of nitrogens with zero attached hydrogens (tertiary/aromatic N) is 2. The van der Waals surface area contributed by atoms with E-state index in [0.29, 0.717) is 18.7 Å². The van der Waals surface area contributed by atoms with E-state index in [1.165, 1.54) is 4.88 Å². The molecule has 0 aliphatic carbocycles. The zero-order valence-corrected chi connectivity index (χ0v) is 17.9. The molecule has 1 heterocycles. The van der Waals surface area contributed by atoms with Crippen LogP contribution in [0, 0.1) is 0 Å². The first kappa shape index (κ1) is 21.9. The summed E-state index contributed by atoms with van der Waals surface area (Å²) in [5.41, 5.74) is 1.74. The first-order valence-corrected chi connectivity index (χ1v) is 10.8. The van der Waals surface area contributed by atoms with Crippen molar-refractivity contribution < 1.29 is 4.79 Å². The number of carbonyl (C=O) groups excluding carboxylic acids is 1. The van der Waals surface area contributed by atoms with E-state index in [1.54, 1.807) is 11.3 Å². The molecule has 2 aromatic rings. The van der Waals surface area contributed by atoms with Gasteiger partial charge in [0.1, 0.15) is 5.01 Å². The molecule has 0 unspecified atom stereocenters. The number of aliphatic imine (C=N–C) groups is 1. The van der Waals surface area contributed by atoms with Gasteiger partial charge in [0.15, 0.2) is 5.96 Å². The third kappa shape index (κ3) is 7.31. The number of unbranched alkanes of at least 4 members (excludes halogenated alkanes) is 1. The summed E-state index contributed by atoms with van der Waals surface area (Å²) in [5.74, 6) is 0.741. The fourth-order valence-corrected chi connectivity index (χ4v) is 3.31. The quantitative estimate of drug-likeness (QED) is 0.323. The standard InChI is InChI=1S/C21H31N5OS/c1-4-7-12-23-20(27)17-10-8-16(9-11-17)13-25-21(22-6-3)26-15-19-24-14-18(5-2)28-19/h8-11,14H,4-7,12-13,15H2,1-3H3,(H,23,27)(H2,22,25,26). The van der Waals surface area contributed by atoms with Gasteiger partial charge in [-0.15, -0.1) is 11.3 Å². The van der Waals surface area contributed by atoms with Crippen LogP contribution in [0.15, 0.2) is 35.5 Å². The molecule has 0 radical (unpaired) electrons. The van der Waals surface area contributed by atoms with Crippen LogP contribution in [0.5, 0.6) is 0 Å². The molecule has 0 bridgehead atoms. The lowest BCUT2D eigenvalue weighted by Gasteiger charge is -2.10. The number of hydrogen-bond acceptors (Lipinski definition) is 4. The summed E-state index contributed by atoms with van der Waals surface area (Å²) in [7, 11) is 0.